The minimum absolute atomic E-state index is 0.175. The Morgan fingerprint density at radius 3 is 2.78 bits per heavy atom. The fourth-order valence-electron chi connectivity index (χ4n) is 4.81. The predicted molar refractivity (Wildman–Crippen MR) is 134 cm³/mol. The first-order chi connectivity index (χ1) is 17.5. The zero-order chi connectivity index (χ0) is 25.5. The van der Waals surface area contributed by atoms with Crippen molar-refractivity contribution >= 4 is 17.9 Å². The number of rotatable bonds is 11. The molecule has 2 aliphatic rings. The number of aromatic nitrogens is 2. The van der Waals surface area contributed by atoms with Crippen LogP contribution in [0.4, 0.5) is 10.6 Å². The smallest absolute Gasteiger partial charge is 0.413 e. The van der Waals surface area contributed by atoms with E-state index in [0.717, 1.165) is 62.1 Å². The molecule has 2 N–H and O–H groups in total. The fourth-order valence-corrected chi connectivity index (χ4v) is 4.81. The third-order valence-corrected chi connectivity index (χ3v) is 6.68. The number of hydrogen-bond donors (Lipinski definition) is 2. The molecule has 2 aromatic heterocycles. The van der Waals surface area contributed by atoms with Crippen LogP contribution in [0.2, 0.25) is 0 Å². The van der Waals surface area contributed by atoms with Gasteiger partial charge in [-0.05, 0) is 56.3 Å². The van der Waals surface area contributed by atoms with Gasteiger partial charge in [0.25, 0.3) is 0 Å². The Hall–Kier alpha value is -3.24. The molecule has 1 atom stereocenters. The van der Waals surface area contributed by atoms with Crippen molar-refractivity contribution in [3.8, 4) is 5.88 Å². The maximum Gasteiger partial charge on any atom is 0.413 e. The summed E-state index contributed by atoms with van der Waals surface area (Å²) in [4.78, 5) is 36.4. The summed E-state index contributed by atoms with van der Waals surface area (Å²) in [6.07, 6.45) is 4.50. The van der Waals surface area contributed by atoms with Crippen LogP contribution in [0.1, 0.15) is 49.0 Å². The highest BCUT2D eigenvalue weighted by Crippen LogP contribution is 2.26. The molecular formula is C26H35N5O5. The van der Waals surface area contributed by atoms with E-state index in [9.17, 15) is 14.7 Å². The number of likely N-dealkylation sites (tertiary alicyclic amines) is 1. The third kappa shape index (κ3) is 6.50. The van der Waals surface area contributed by atoms with Crippen LogP contribution in [-0.4, -0.2) is 78.0 Å². The summed E-state index contributed by atoms with van der Waals surface area (Å²) >= 11 is 0. The van der Waals surface area contributed by atoms with E-state index in [1.165, 1.54) is 4.90 Å². The first-order valence-corrected chi connectivity index (χ1v) is 12.6. The molecule has 1 amide bonds. The monoisotopic (exact) mass is 497 g/mol. The Kier molecular flexibility index (Phi) is 8.71. The highest BCUT2D eigenvalue weighted by molar-refractivity contribution is 5.86. The van der Waals surface area contributed by atoms with E-state index >= 15 is 0 Å². The Morgan fingerprint density at radius 1 is 1.25 bits per heavy atom. The van der Waals surface area contributed by atoms with Crippen LogP contribution < -0.4 is 15.0 Å². The molecule has 1 unspecified atom stereocenters. The Bertz CT molecular complexity index is 1040. The number of ether oxygens (including phenoxy) is 2. The van der Waals surface area contributed by atoms with Crippen molar-refractivity contribution in [3.63, 3.8) is 0 Å². The first-order valence-electron chi connectivity index (χ1n) is 12.6. The molecule has 4 rings (SSSR count). The second-order valence-corrected chi connectivity index (χ2v) is 9.25. The zero-order valence-corrected chi connectivity index (χ0v) is 21.0. The van der Waals surface area contributed by atoms with Gasteiger partial charge in [0.15, 0.2) is 0 Å². The standard InChI is InChI=1S/C26H35N5O5/c1-3-36-24(32)14-22(19-9-11-23(35-2)27-15-19)28-21-16-30(17-21)12-5-7-20-10-8-18-6-4-13-31(26(33)34)25(18)29-20/h8-11,15,21-22,28H,3-7,12-14,16-17H2,1-2H3,(H,33,34). The van der Waals surface area contributed by atoms with Crippen molar-refractivity contribution in [1.29, 1.82) is 0 Å². The highest BCUT2D eigenvalue weighted by Gasteiger charge is 2.30. The van der Waals surface area contributed by atoms with E-state index in [-0.39, 0.29) is 24.5 Å². The van der Waals surface area contributed by atoms with Gasteiger partial charge in [0.2, 0.25) is 5.88 Å². The number of carbonyl (C=O) groups excluding carboxylic acids is 1. The molecule has 194 valence electrons. The van der Waals surface area contributed by atoms with Crippen molar-refractivity contribution in [3.05, 3.63) is 47.3 Å². The van der Waals surface area contributed by atoms with E-state index < -0.39 is 6.09 Å². The first kappa shape index (κ1) is 25.8. The SMILES string of the molecule is CCOC(=O)CC(NC1CN(CCCc2ccc3c(n2)N(C(=O)O)CCC3)C1)c1ccc(OC)nc1. The molecular weight excluding hydrogens is 462 g/mol. The fraction of sp³-hybridized carbons (Fsp3) is 0.538. The summed E-state index contributed by atoms with van der Waals surface area (Å²) in [5.41, 5.74) is 2.86. The molecule has 10 heteroatoms. The number of nitrogens with one attached hydrogen (secondary N) is 1. The average Bonchev–Trinajstić information content (AvgIpc) is 2.86. The van der Waals surface area contributed by atoms with Crippen LogP contribution in [-0.2, 0) is 22.4 Å². The summed E-state index contributed by atoms with van der Waals surface area (Å²) in [5.74, 6) is 0.897. The third-order valence-electron chi connectivity index (χ3n) is 6.68. The number of aryl methyl sites for hydroxylation is 2. The number of carbonyl (C=O) groups is 2. The Labute approximate surface area is 211 Å². The molecule has 36 heavy (non-hydrogen) atoms. The minimum atomic E-state index is -0.939. The van der Waals surface area contributed by atoms with Gasteiger partial charge < -0.3 is 24.8 Å². The minimum Gasteiger partial charge on any atom is -0.481 e. The molecule has 4 heterocycles. The number of amides is 1. The number of fused-ring (bicyclic) bond motifs is 1. The van der Waals surface area contributed by atoms with Gasteiger partial charge >= 0.3 is 12.1 Å². The molecule has 0 radical (unpaired) electrons. The predicted octanol–water partition coefficient (Wildman–Crippen LogP) is 2.82. The zero-order valence-electron chi connectivity index (χ0n) is 21.0. The van der Waals surface area contributed by atoms with E-state index in [2.05, 4.69) is 20.2 Å². The molecule has 0 saturated carbocycles. The largest absolute Gasteiger partial charge is 0.481 e. The van der Waals surface area contributed by atoms with Crippen LogP contribution >= 0.6 is 0 Å². The molecule has 1 fully saturated rings. The van der Waals surface area contributed by atoms with Crippen molar-refractivity contribution in [2.75, 3.05) is 44.8 Å². The highest BCUT2D eigenvalue weighted by atomic mass is 16.5. The molecule has 0 bridgehead atoms. The van der Waals surface area contributed by atoms with Gasteiger partial charge in [0.1, 0.15) is 5.82 Å². The van der Waals surface area contributed by atoms with Crippen LogP contribution in [0.15, 0.2) is 30.5 Å². The molecule has 2 aromatic rings. The van der Waals surface area contributed by atoms with Crippen LogP contribution in [0.3, 0.4) is 0 Å². The lowest BCUT2D eigenvalue weighted by Gasteiger charge is -2.41. The molecule has 10 nitrogen and oxygen atoms in total. The summed E-state index contributed by atoms with van der Waals surface area (Å²) < 4.78 is 10.3. The number of methoxy groups -OCH3 is 1. The van der Waals surface area contributed by atoms with E-state index in [1.54, 1.807) is 26.3 Å². The van der Waals surface area contributed by atoms with Crippen LogP contribution in [0, 0.1) is 0 Å². The van der Waals surface area contributed by atoms with Gasteiger partial charge in [0, 0.05) is 49.7 Å². The number of esters is 1. The van der Waals surface area contributed by atoms with Gasteiger partial charge in [-0.3, -0.25) is 9.69 Å². The number of carboxylic acid groups (broad SMARTS) is 1. The van der Waals surface area contributed by atoms with Crippen molar-refractivity contribution < 1.29 is 24.2 Å². The maximum atomic E-state index is 12.2. The molecule has 1 saturated heterocycles. The number of pyridine rings is 2. The Morgan fingerprint density at radius 2 is 2.08 bits per heavy atom. The summed E-state index contributed by atoms with van der Waals surface area (Å²) in [7, 11) is 1.58. The number of anilines is 1. The van der Waals surface area contributed by atoms with Gasteiger partial charge in [-0.25, -0.2) is 14.8 Å². The number of hydrogen-bond acceptors (Lipinski definition) is 8. The van der Waals surface area contributed by atoms with Crippen LogP contribution in [0.5, 0.6) is 5.88 Å². The quantitative estimate of drug-likeness (QED) is 0.452. The van der Waals surface area contributed by atoms with Crippen molar-refractivity contribution in [1.82, 2.24) is 20.2 Å². The van der Waals surface area contributed by atoms with Gasteiger partial charge in [0.05, 0.1) is 20.1 Å². The Balaban J connectivity index is 1.26. The van der Waals surface area contributed by atoms with E-state index in [1.807, 2.05) is 18.2 Å². The lowest BCUT2D eigenvalue weighted by atomic mass is 10.0. The second-order valence-electron chi connectivity index (χ2n) is 9.25. The lowest BCUT2D eigenvalue weighted by Crippen LogP contribution is -2.58. The molecule has 0 aromatic carbocycles. The van der Waals surface area contributed by atoms with Crippen molar-refractivity contribution in [2.24, 2.45) is 0 Å². The number of nitrogens with zero attached hydrogens (tertiary/aromatic N) is 4. The summed E-state index contributed by atoms with van der Waals surface area (Å²) in [6, 6.07) is 7.87. The normalized spacial score (nSPS) is 16.7. The summed E-state index contributed by atoms with van der Waals surface area (Å²) in [5, 5.41) is 13.0. The van der Waals surface area contributed by atoms with Gasteiger partial charge in [-0.15, -0.1) is 0 Å². The van der Waals surface area contributed by atoms with E-state index in [0.29, 0.717) is 24.8 Å². The molecule has 0 aliphatic carbocycles. The topological polar surface area (TPSA) is 117 Å². The lowest BCUT2D eigenvalue weighted by molar-refractivity contribution is -0.143. The molecule has 2 aliphatic heterocycles. The second kappa shape index (κ2) is 12.1. The maximum absolute atomic E-state index is 12.2. The van der Waals surface area contributed by atoms with Gasteiger partial charge in [-0.2, -0.15) is 0 Å². The average molecular weight is 498 g/mol. The molecule has 0 spiro atoms. The summed E-state index contributed by atoms with van der Waals surface area (Å²) in [6.45, 7) is 5.40. The van der Waals surface area contributed by atoms with Crippen LogP contribution in [0.25, 0.3) is 0 Å². The van der Waals surface area contributed by atoms with E-state index in [4.69, 9.17) is 9.47 Å². The van der Waals surface area contributed by atoms with Crippen molar-refractivity contribution in [2.45, 2.75) is 51.1 Å². The van der Waals surface area contributed by atoms with Gasteiger partial charge in [-0.1, -0.05) is 12.1 Å².